The summed E-state index contributed by atoms with van der Waals surface area (Å²) in [6.45, 7) is 3.73. The second-order valence-electron chi connectivity index (χ2n) is 4.60. The molecular formula is C14H14BrN3O3. The van der Waals surface area contributed by atoms with Crippen LogP contribution in [0.5, 0.6) is 0 Å². The Balaban J connectivity index is 2.20. The van der Waals surface area contributed by atoms with Crippen molar-refractivity contribution in [3.63, 3.8) is 0 Å². The summed E-state index contributed by atoms with van der Waals surface area (Å²) in [5, 5.41) is 16.0. The van der Waals surface area contributed by atoms with E-state index < -0.39 is 5.97 Å². The van der Waals surface area contributed by atoms with Crippen LogP contribution in [0.15, 0.2) is 28.7 Å². The molecule has 1 heterocycles. The summed E-state index contributed by atoms with van der Waals surface area (Å²) in [5.74, 6) is -1.44. The molecule has 1 aromatic carbocycles. The van der Waals surface area contributed by atoms with Crippen LogP contribution in [-0.4, -0.2) is 26.8 Å². The van der Waals surface area contributed by atoms with E-state index in [1.54, 1.807) is 16.8 Å². The molecule has 0 saturated carbocycles. The van der Waals surface area contributed by atoms with Crippen LogP contribution in [0.4, 0.5) is 5.69 Å². The van der Waals surface area contributed by atoms with Crippen LogP contribution in [0.3, 0.4) is 0 Å². The van der Waals surface area contributed by atoms with Crippen LogP contribution >= 0.6 is 15.9 Å². The van der Waals surface area contributed by atoms with Gasteiger partial charge in [-0.25, -0.2) is 4.79 Å². The molecule has 110 valence electrons. The van der Waals surface area contributed by atoms with E-state index >= 15 is 0 Å². The number of anilines is 1. The van der Waals surface area contributed by atoms with Gasteiger partial charge < -0.3 is 10.4 Å². The summed E-state index contributed by atoms with van der Waals surface area (Å²) in [6, 6.07) is 6.58. The predicted octanol–water partition coefficient (Wildman–Crippen LogP) is 2.60. The van der Waals surface area contributed by atoms with Gasteiger partial charge in [0, 0.05) is 10.2 Å². The Morgan fingerprint density at radius 1 is 1.38 bits per heavy atom. The minimum Gasteiger partial charge on any atom is -0.478 e. The van der Waals surface area contributed by atoms with Gasteiger partial charge in [0.15, 0.2) is 0 Å². The van der Waals surface area contributed by atoms with Crippen LogP contribution in [0, 0.1) is 13.8 Å². The fourth-order valence-electron chi connectivity index (χ4n) is 1.98. The monoisotopic (exact) mass is 351 g/mol. The highest BCUT2D eigenvalue weighted by Crippen LogP contribution is 2.26. The van der Waals surface area contributed by atoms with E-state index in [4.69, 9.17) is 5.11 Å². The van der Waals surface area contributed by atoms with Gasteiger partial charge in [-0.3, -0.25) is 9.48 Å². The van der Waals surface area contributed by atoms with Gasteiger partial charge in [-0.1, -0.05) is 6.07 Å². The zero-order chi connectivity index (χ0) is 15.6. The van der Waals surface area contributed by atoms with Gasteiger partial charge in [0.05, 0.1) is 16.9 Å². The molecular weight excluding hydrogens is 338 g/mol. The number of carbonyl (C=O) groups is 2. The first kappa shape index (κ1) is 15.2. The van der Waals surface area contributed by atoms with E-state index in [1.807, 2.05) is 19.9 Å². The molecule has 0 saturated heterocycles. The third-order valence-corrected chi connectivity index (χ3v) is 3.57. The van der Waals surface area contributed by atoms with E-state index in [0.717, 1.165) is 11.4 Å². The standard InChI is InChI=1S/C14H14BrN3O3/c1-8-6-9(2)18(17-8)7-12(19)16-13-10(14(20)21)4-3-5-11(13)15/h3-6H,7H2,1-2H3,(H,16,19)(H,20,21). The van der Waals surface area contributed by atoms with Gasteiger partial charge in [-0.05, 0) is 48.0 Å². The number of amides is 1. The number of rotatable bonds is 4. The van der Waals surface area contributed by atoms with Crippen LogP contribution in [-0.2, 0) is 11.3 Å². The van der Waals surface area contributed by atoms with Gasteiger partial charge in [-0.2, -0.15) is 5.10 Å². The number of carboxylic acids is 1. The Morgan fingerprint density at radius 3 is 2.67 bits per heavy atom. The molecule has 0 bridgehead atoms. The van der Waals surface area contributed by atoms with Gasteiger partial charge in [-0.15, -0.1) is 0 Å². The number of halogens is 1. The molecule has 2 N–H and O–H groups in total. The Kier molecular flexibility index (Phi) is 4.42. The Morgan fingerprint density at radius 2 is 2.10 bits per heavy atom. The van der Waals surface area contributed by atoms with Crippen molar-refractivity contribution < 1.29 is 14.7 Å². The van der Waals surface area contributed by atoms with Crippen molar-refractivity contribution in [1.29, 1.82) is 0 Å². The first-order valence-corrected chi connectivity index (χ1v) is 7.00. The van der Waals surface area contributed by atoms with E-state index in [2.05, 4.69) is 26.3 Å². The van der Waals surface area contributed by atoms with Crippen LogP contribution in [0.1, 0.15) is 21.7 Å². The first-order valence-electron chi connectivity index (χ1n) is 6.21. The fraction of sp³-hybridized carbons (Fsp3) is 0.214. The van der Waals surface area contributed by atoms with Crippen molar-refractivity contribution in [1.82, 2.24) is 9.78 Å². The summed E-state index contributed by atoms with van der Waals surface area (Å²) >= 11 is 3.25. The molecule has 0 spiro atoms. The second-order valence-corrected chi connectivity index (χ2v) is 5.45. The predicted molar refractivity (Wildman–Crippen MR) is 81.4 cm³/mol. The molecule has 0 atom stereocenters. The highest BCUT2D eigenvalue weighted by Gasteiger charge is 2.16. The number of aryl methyl sites for hydroxylation is 2. The van der Waals surface area contributed by atoms with Crippen molar-refractivity contribution in [3.8, 4) is 0 Å². The summed E-state index contributed by atoms with van der Waals surface area (Å²) in [6.07, 6.45) is 0. The van der Waals surface area contributed by atoms with E-state index in [0.29, 0.717) is 4.47 Å². The van der Waals surface area contributed by atoms with Crippen LogP contribution in [0.2, 0.25) is 0 Å². The second kappa shape index (κ2) is 6.09. The lowest BCUT2D eigenvalue weighted by molar-refractivity contribution is -0.116. The number of carboxylic acid groups (broad SMARTS) is 1. The average Bonchev–Trinajstić information content (AvgIpc) is 2.70. The highest BCUT2D eigenvalue weighted by atomic mass is 79.9. The summed E-state index contributed by atoms with van der Waals surface area (Å²) in [5.41, 5.74) is 1.98. The van der Waals surface area contributed by atoms with Crippen molar-refractivity contribution in [2.75, 3.05) is 5.32 Å². The molecule has 2 rings (SSSR count). The molecule has 0 aliphatic rings. The molecule has 2 aromatic rings. The Labute approximate surface area is 129 Å². The van der Waals surface area contributed by atoms with Gasteiger partial charge in [0.2, 0.25) is 5.91 Å². The zero-order valence-electron chi connectivity index (χ0n) is 11.6. The number of hydrogen-bond acceptors (Lipinski definition) is 3. The van der Waals surface area contributed by atoms with Gasteiger partial charge in [0.25, 0.3) is 0 Å². The van der Waals surface area contributed by atoms with Crippen molar-refractivity contribution in [2.45, 2.75) is 20.4 Å². The number of nitrogens with zero attached hydrogens (tertiary/aromatic N) is 2. The lowest BCUT2D eigenvalue weighted by Crippen LogP contribution is -2.22. The number of benzene rings is 1. The summed E-state index contributed by atoms with van der Waals surface area (Å²) in [7, 11) is 0. The molecule has 0 aliphatic carbocycles. The van der Waals surface area contributed by atoms with E-state index in [9.17, 15) is 9.59 Å². The SMILES string of the molecule is Cc1cc(C)n(CC(=O)Nc2c(Br)cccc2C(=O)O)n1. The zero-order valence-corrected chi connectivity index (χ0v) is 13.1. The Bertz CT molecular complexity index is 709. The minimum absolute atomic E-state index is 0.0278. The molecule has 1 aromatic heterocycles. The molecule has 21 heavy (non-hydrogen) atoms. The van der Waals surface area contributed by atoms with Crippen molar-refractivity contribution in [3.05, 3.63) is 45.7 Å². The lowest BCUT2D eigenvalue weighted by atomic mass is 10.2. The molecule has 0 radical (unpaired) electrons. The molecule has 0 fully saturated rings. The first-order chi connectivity index (χ1) is 9.88. The Hall–Kier alpha value is -2.15. The number of aromatic nitrogens is 2. The molecule has 0 unspecified atom stereocenters. The highest BCUT2D eigenvalue weighted by molar-refractivity contribution is 9.10. The maximum absolute atomic E-state index is 12.1. The van der Waals surface area contributed by atoms with E-state index in [-0.39, 0.29) is 23.7 Å². The lowest BCUT2D eigenvalue weighted by Gasteiger charge is -2.11. The molecule has 6 nitrogen and oxygen atoms in total. The number of carbonyl (C=O) groups excluding carboxylic acids is 1. The quantitative estimate of drug-likeness (QED) is 0.886. The van der Waals surface area contributed by atoms with Crippen molar-refractivity contribution in [2.24, 2.45) is 0 Å². The van der Waals surface area contributed by atoms with Crippen LogP contribution in [0.25, 0.3) is 0 Å². The molecule has 1 amide bonds. The summed E-state index contributed by atoms with van der Waals surface area (Å²) in [4.78, 5) is 23.3. The number of hydrogen-bond donors (Lipinski definition) is 2. The maximum Gasteiger partial charge on any atom is 0.337 e. The number of aromatic carboxylic acids is 1. The minimum atomic E-state index is -1.10. The molecule has 7 heteroatoms. The average molecular weight is 352 g/mol. The van der Waals surface area contributed by atoms with Gasteiger partial charge >= 0.3 is 5.97 Å². The van der Waals surface area contributed by atoms with Gasteiger partial charge in [0.1, 0.15) is 6.54 Å². The third kappa shape index (κ3) is 3.49. The number of para-hydroxylation sites is 1. The van der Waals surface area contributed by atoms with E-state index in [1.165, 1.54) is 6.07 Å². The number of nitrogens with one attached hydrogen (secondary N) is 1. The smallest absolute Gasteiger partial charge is 0.337 e. The topological polar surface area (TPSA) is 84.2 Å². The summed E-state index contributed by atoms with van der Waals surface area (Å²) < 4.78 is 2.09. The normalized spacial score (nSPS) is 10.4. The molecule has 0 aliphatic heterocycles. The van der Waals surface area contributed by atoms with Crippen molar-refractivity contribution >= 4 is 33.5 Å². The fourth-order valence-corrected chi connectivity index (χ4v) is 2.44. The largest absolute Gasteiger partial charge is 0.478 e. The van der Waals surface area contributed by atoms with Crippen LogP contribution < -0.4 is 5.32 Å². The maximum atomic E-state index is 12.1. The third-order valence-electron chi connectivity index (χ3n) is 2.91.